The molecule has 0 aliphatic heterocycles. The summed E-state index contributed by atoms with van der Waals surface area (Å²) in [7, 11) is 0. The second-order valence-corrected chi connectivity index (χ2v) is 4.37. The van der Waals surface area contributed by atoms with Crippen LogP contribution in [0.4, 0.5) is 26.3 Å². The van der Waals surface area contributed by atoms with Crippen LogP contribution in [0.5, 0.6) is 0 Å². The second-order valence-electron chi connectivity index (χ2n) is 3.58. The van der Waals surface area contributed by atoms with Crippen molar-refractivity contribution in [3.8, 4) is 0 Å². The second kappa shape index (κ2) is 5.27. The average Bonchev–Trinajstić information content (AvgIpc) is 2.25. The molecule has 0 bridgehead atoms. The first kappa shape index (κ1) is 16.2. The molecule has 0 aromatic heterocycles. The van der Waals surface area contributed by atoms with Gasteiger partial charge in [-0.3, -0.25) is 0 Å². The fourth-order valence-corrected chi connectivity index (χ4v) is 1.94. The number of alkyl halides is 6. The van der Waals surface area contributed by atoms with Crippen molar-refractivity contribution in [1.29, 1.82) is 0 Å². The zero-order valence-electron chi connectivity index (χ0n) is 9.24. The Labute approximate surface area is 119 Å². The number of benzene rings is 1. The number of rotatable bonds is 1. The molecule has 0 unspecified atom stereocenters. The third-order valence-electron chi connectivity index (χ3n) is 2.35. The van der Waals surface area contributed by atoms with Crippen molar-refractivity contribution in [2.45, 2.75) is 19.3 Å². The molecule has 1 radical (unpaired) electrons. The van der Waals surface area contributed by atoms with Crippen LogP contribution in [-0.2, 0) is 15.2 Å². The molecule has 9 heteroatoms. The summed E-state index contributed by atoms with van der Waals surface area (Å²) in [5, 5.41) is 0. The molecule has 1 rings (SSSR count). The summed E-state index contributed by atoms with van der Waals surface area (Å²) >= 11 is -0.132. The Morgan fingerprint density at radius 3 is 1.68 bits per heavy atom. The predicted molar refractivity (Wildman–Crippen MR) is 53.7 cm³/mol. The van der Waals surface area contributed by atoms with Crippen molar-refractivity contribution in [2.75, 3.05) is 0 Å². The fourth-order valence-electron chi connectivity index (χ4n) is 1.48. The van der Waals surface area contributed by atoms with Crippen molar-refractivity contribution in [3.05, 3.63) is 34.4 Å². The molecule has 0 fully saturated rings. The molecule has 0 aliphatic carbocycles. The Kier molecular flexibility index (Phi) is 4.49. The zero-order valence-corrected chi connectivity index (χ0v) is 13.1. The molecular weight excluding hydrogens is 475 g/mol. The number of hydrogen-bond donors (Lipinski definition) is 0. The van der Waals surface area contributed by atoms with Gasteiger partial charge in [0.05, 0.1) is 0 Å². The van der Waals surface area contributed by atoms with E-state index in [1.165, 1.54) is 0 Å². The molecule has 1 aromatic carbocycles. The normalized spacial score (nSPS) is 12.4. The molecule has 105 valence electrons. The van der Waals surface area contributed by atoms with Gasteiger partial charge in [-0.05, 0) is 0 Å². The van der Waals surface area contributed by atoms with E-state index in [2.05, 4.69) is 2.81 Å². The van der Waals surface area contributed by atoms with Crippen LogP contribution in [0.1, 0.15) is 27.0 Å². The van der Waals surface area contributed by atoms with Gasteiger partial charge in [-0.2, -0.15) is 0 Å². The van der Waals surface area contributed by atoms with E-state index in [1.54, 1.807) is 0 Å². The Bertz CT molecular complexity index is 471. The maximum absolute atomic E-state index is 12.7. The van der Waals surface area contributed by atoms with E-state index in [1.807, 2.05) is 0 Å². The monoisotopic (exact) mass is 481 g/mol. The van der Waals surface area contributed by atoms with Crippen molar-refractivity contribution < 1.29 is 34.0 Å². The van der Waals surface area contributed by atoms with Gasteiger partial charge in [0.15, 0.2) is 0 Å². The van der Waals surface area contributed by atoms with Crippen LogP contribution in [0.25, 0.3) is 0 Å². The summed E-state index contributed by atoms with van der Waals surface area (Å²) in [6.45, 7) is 0.710. The summed E-state index contributed by atoms with van der Waals surface area (Å²) in [4.78, 5) is 11.2. The van der Waals surface area contributed by atoms with Gasteiger partial charge in [-0.1, -0.05) is 0 Å². The van der Waals surface area contributed by atoms with E-state index in [0.29, 0.717) is 19.1 Å². The van der Waals surface area contributed by atoms with Gasteiger partial charge in [0.2, 0.25) is 0 Å². The third-order valence-corrected chi connectivity index (χ3v) is 3.07. The van der Waals surface area contributed by atoms with Gasteiger partial charge in [0, 0.05) is 0 Å². The van der Waals surface area contributed by atoms with Crippen LogP contribution in [-0.4, -0.2) is 31.1 Å². The number of carbonyl (C=O) groups excluding carboxylic acids is 1. The molecule has 0 amide bonds. The van der Waals surface area contributed by atoms with Crippen LogP contribution >= 0.6 is 0 Å². The van der Waals surface area contributed by atoms with Crippen molar-refractivity contribution in [2.24, 2.45) is 0 Å². The molecular formula is C10H6BiF6O2. The first-order valence-electron chi connectivity index (χ1n) is 4.65. The molecule has 0 N–H and O–H groups in total. The molecule has 2 nitrogen and oxygen atoms in total. The molecule has 1 aromatic rings. The van der Waals surface area contributed by atoms with Crippen LogP contribution in [0, 0.1) is 6.92 Å². The Morgan fingerprint density at radius 1 is 1.05 bits per heavy atom. The minimum absolute atomic E-state index is 0.132. The van der Waals surface area contributed by atoms with Crippen LogP contribution < -0.4 is 0 Å². The summed E-state index contributed by atoms with van der Waals surface area (Å²) < 4.78 is 80.2. The van der Waals surface area contributed by atoms with Gasteiger partial charge < -0.3 is 0 Å². The predicted octanol–water partition coefficient (Wildman–Crippen LogP) is 3.01. The Hall–Kier alpha value is -0.847. The first-order chi connectivity index (χ1) is 8.48. The summed E-state index contributed by atoms with van der Waals surface area (Å²) in [6, 6.07) is 0.732. The standard InChI is InChI=1S/C10H6F6O2.Bi.H/c1-4-6(9(11,12)13)2-5(8(17)18)3-7(4)10(14,15)16;;/h2-3H,1H3,(H,17,18);;/q;+1;/p-1. The average molecular weight is 481 g/mol. The van der Waals surface area contributed by atoms with Gasteiger partial charge >= 0.3 is 119 Å². The van der Waals surface area contributed by atoms with Crippen LogP contribution in [0.3, 0.4) is 0 Å². The zero-order chi connectivity index (χ0) is 15.0. The quantitative estimate of drug-likeness (QED) is 0.456. The molecule has 0 saturated heterocycles. The van der Waals surface area contributed by atoms with E-state index in [-0.39, 0.29) is 25.2 Å². The summed E-state index contributed by atoms with van der Waals surface area (Å²) in [5.74, 6) is -1.21. The van der Waals surface area contributed by atoms with Gasteiger partial charge in [0.25, 0.3) is 0 Å². The molecule has 19 heavy (non-hydrogen) atoms. The number of carbonyl (C=O) groups is 1. The topological polar surface area (TPSA) is 26.3 Å². The van der Waals surface area contributed by atoms with Crippen molar-refractivity contribution >= 4 is 31.1 Å². The van der Waals surface area contributed by atoms with Crippen molar-refractivity contribution in [1.82, 2.24) is 0 Å². The van der Waals surface area contributed by atoms with Gasteiger partial charge in [-0.15, -0.1) is 0 Å². The minimum atomic E-state index is -4.98. The molecule has 0 heterocycles. The molecule has 0 atom stereocenters. The van der Waals surface area contributed by atoms with Crippen LogP contribution in [0.2, 0.25) is 0 Å². The molecule has 0 aliphatic rings. The summed E-state index contributed by atoms with van der Waals surface area (Å²) in [6.07, 6.45) is -9.96. The third kappa shape index (κ3) is 3.58. The number of halogens is 6. The van der Waals surface area contributed by atoms with E-state index >= 15 is 0 Å². The van der Waals surface area contributed by atoms with Gasteiger partial charge in [0.1, 0.15) is 0 Å². The maximum atomic E-state index is 12.7. The van der Waals surface area contributed by atoms with E-state index in [4.69, 9.17) is 0 Å². The first-order valence-corrected chi connectivity index (χ1v) is 6.24. The van der Waals surface area contributed by atoms with Crippen molar-refractivity contribution in [3.63, 3.8) is 0 Å². The van der Waals surface area contributed by atoms with Crippen LogP contribution in [0.15, 0.2) is 12.1 Å². The molecule has 0 spiro atoms. The number of hydrogen-bond acceptors (Lipinski definition) is 2. The SMILES string of the molecule is Cc1c(C(F)(F)F)cc(C(=O)[O][BiH])cc1C(F)(F)F. The Morgan fingerprint density at radius 2 is 1.42 bits per heavy atom. The van der Waals surface area contributed by atoms with E-state index in [9.17, 15) is 31.1 Å². The Balaban J connectivity index is 3.62. The van der Waals surface area contributed by atoms with Gasteiger partial charge in [-0.25, -0.2) is 0 Å². The van der Waals surface area contributed by atoms with E-state index < -0.39 is 40.6 Å². The van der Waals surface area contributed by atoms with E-state index in [0.717, 1.165) is 0 Å². The fraction of sp³-hybridized carbons (Fsp3) is 0.300. The molecule has 0 saturated carbocycles. The summed E-state index contributed by atoms with van der Waals surface area (Å²) in [5.41, 5.74) is -4.72.